The number of rotatable bonds is 5. The molecule has 0 spiro atoms. The lowest BCUT2D eigenvalue weighted by molar-refractivity contribution is 0.0902. The number of carbonyl (C=O) groups excluding carboxylic acids is 1. The number of ether oxygens (including phenoxy) is 2. The fraction of sp³-hybridized carbons (Fsp3) is 0.133. The Balaban J connectivity index is 2.02. The number of nitrogens with one attached hydrogen (secondary N) is 1. The van der Waals surface area contributed by atoms with Crippen molar-refractivity contribution in [3.8, 4) is 11.5 Å². The van der Waals surface area contributed by atoms with Gasteiger partial charge in [-0.15, -0.1) is 0 Å². The Hall–Kier alpha value is -1.03. The van der Waals surface area contributed by atoms with Crippen LogP contribution in [0.5, 0.6) is 11.5 Å². The standard InChI is InChI=1S/C15H13I2NO3/c1-20-12-7-9-13(10-8-12)21-15(16,17)18-14(19)11-5-3-2-4-6-11/h2-10H,1H3,(H,18,19). The third-order valence-electron chi connectivity index (χ3n) is 2.60. The van der Waals surface area contributed by atoms with Crippen LogP contribution in [0.15, 0.2) is 54.6 Å². The van der Waals surface area contributed by atoms with Gasteiger partial charge in [0.1, 0.15) is 11.5 Å². The van der Waals surface area contributed by atoms with Gasteiger partial charge in [-0.05, 0) is 36.4 Å². The van der Waals surface area contributed by atoms with E-state index in [1.807, 2.05) is 63.4 Å². The maximum atomic E-state index is 12.1. The first-order valence-corrected chi connectivity index (χ1v) is 8.24. The van der Waals surface area contributed by atoms with E-state index in [1.165, 1.54) is 0 Å². The summed E-state index contributed by atoms with van der Waals surface area (Å²) in [6.45, 7) is 0. The van der Waals surface area contributed by atoms with Crippen molar-refractivity contribution in [1.82, 2.24) is 5.32 Å². The average Bonchev–Trinajstić information content (AvgIpc) is 2.48. The molecule has 4 nitrogen and oxygen atoms in total. The molecule has 2 aromatic carbocycles. The van der Waals surface area contributed by atoms with Gasteiger partial charge in [0, 0.05) is 50.7 Å². The van der Waals surface area contributed by atoms with Crippen molar-refractivity contribution in [3.63, 3.8) is 0 Å². The van der Waals surface area contributed by atoms with Gasteiger partial charge in [0.05, 0.1) is 7.11 Å². The summed E-state index contributed by atoms with van der Waals surface area (Å²) in [4.78, 5) is 12.1. The second-order valence-corrected chi connectivity index (χ2v) is 9.22. The molecule has 0 aliphatic carbocycles. The molecule has 0 saturated heterocycles. The molecule has 21 heavy (non-hydrogen) atoms. The minimum atomic E-state index is -0.878. The van der Waals surface area contributed by atoms with Gasteiger partial charge in [-0.3, -0.25) is 10.1 Å². The van der Waals surface area contributed by atoms with Crippen LogP contribution in [0.4, 0.5) is 0 Å². The van der Waals surface area contributed by atoms with Gasteiger partial charge >= 0.3 is 0 Å². The van der Waals surface area contributed by atoms with E-state index < -0.39 is 1.74 Å². The first-order chi connectivity index (χ1) is 10.00. The topological polar surface area (TPSA) is 47.6 Å². The Kier molecular flexibility index (Phi) is 5.68. The van der Waals surface area contributed by atoms with Crippen LogP contribution in [0.25, 0.3) is 0 Å². The predicted octanol–water partition coefficient (Wildman–Crippen LogP) is 3.99. The smallest absolute Gasteiger partial charge is 0.285 e. The van der Waals surface area contributed by atoms with Gasteiger partial charge < -0.3 is 9.47 Å². The Morgan fingerprint density at radius 1 is 1.00 bits per heavy atom. The molecule has 0 saturated carbocycles. The summed E-state index contributed by atoms with van der Waals surface area (Å²) in [6, 6.07) is 16.2. The SMILES string of the molecule is COc1ccc(OC(I)(I)NC(=O)c2ccccc2)cc1. The van der Waals surface area contributed by atoms with E-state index >= 15 is 0 Å². The number of benzene rings is 2. The van der Waals surface area contributed by atoms with Crippen molar-refractivity contribution in [2.45, 2.75) is 1.74 Å². The summed E-state index contributed by atoms with van der Waals surface area (Å²) in [7, 11) is 1.61. The summed E-state index contributed by atoms with van der Waals surface area (Å²) < 4.78 is 9.99. The van der Waals surface area contributed by atoms with E-state index in [0.29, 0.717) is 11.3 Å². The lowest BCUT2D eigenvalue weighted by Gasteiger charge is -2.23. The molecule has 0 aliphatic heterocycles. The second kappa shape index (κ2) is 7.30. The number of hydrogen-bond acceptors (Lipinski definition) is 3. The van der Waals surface area contributed by atoms with Crippen LogP contribution in [0.1, 0.15) is 10.4 Å². The summed E-state index contributed by atoms with van der Waals surface area (Å²) in [5, 5.41) is 2.83. The second-order valence-electron chi connectivity index (χ2n) is 4.11. The molecule has 0 aliphatic rings. The zero-order valence-electron chi connectivity index (χ0n) is 11.2. The molecule has 110 valence electrons. The summed E-state index contributed by atoms with van der Waals surface area (Å²) >= 11 is 4.08. The molecule has 0 bridgehead atoms. The highest BCUT2D eigenvalue weighted by molar-refractivity contribution is 14.2. The summed E-state index contributed by atoms with van der Waals surface area (Å²) in [6.07, 6.45) is 0. The van der Waals surface area contributed by atoms with Crippen LogP contribution in [0.2, 0.25) is 0 Å². The first kappa shape index (κ1) is 16.3. The van der Waals surface area contributed by atoms with Crippen molar-refractivity contribution in [3.05, 3.63) is 60.2 Å². The van der Waals surface area contributed by atoms with Gasteiger partial charge in [-0.2, -0.15) is 0 Å². The molecule has 2 rings (SSSR count). The molecule has 0 heterocycles. The van der Waals surface area contributed by atoms with Gasteiger partial charge in [-0.1, -0.05) is 18.2 Å². The Labute approximate surface area is 150 Å². The highest BCUT2D eigenvalue weighted by Crippen LogP contribution is 2.30. The van der Waals surface area contributed by atoms with Crippen LogP contribution in [0, 0.1) is 0 Å². The number of alkyl halides is 2. The van der Waals surface area contributed by atoms with Crippen molar-refractivity contribution in [2.75, 3.05) is 7.11 Å². The lowest BCUT2D eigenvalue weighted by atomic mass is 10.2. The normalized spacial score (nSPS) is 10.8. The molecule has 1 amide bonds. The zero-order chi connectivity index (χ0) is 15.3. The third-order valence-corrected chi connectivity index (χ3v) is 3.58. The molecule has 0 atom stereocenters. The summed E-state index contributed by atoms with van der Waals surface area (Å²) in [5.41, 5.74) is 0.591. The van der Waals surface area contributed by atoms with E-state index in [0.717, 1.165) is 5.75 Å². The van der Waals surface area contributed by atoms with Gasteiger partial charge in [0.15, 0.2) is 0 Å². The number of halogens is 2. The Morgan fingerprint density at radius 2 is 1.57 bits per heavy atom. The number of hydrogen-bond donors (Lipinski definition) is 1. The highest BCUT2D eigenvalue weighted by atomic mass is 127. The van der Waals surface area contributed by atoms with Gasteiger partial charge in [0.2, 0.25) is 0 Å². The van der Waals surface area contributed by atoms with Crippen LogP contribution in [0.3, 0.4) is 0 Å². The molecular weight excluding hydrogens is 496 g/mol. The van der Waals surface area contributed by atoms with Gasteiger partial charge in [-0.25, -0.2) is 0 Å². The van der Waals surface area contributed by atoms with E-state index in [1.54, 1.807) is 43.5 Å². The quantitative estimate of drug-likeness (QED) is 0.287. The van der Waals surface area contributed by atoms with Crippen molar-refractivity contribution in [1.29, 1.82) is 0 Å². The van der Waals surface area contributed by atoms with Crippen molar-refractivity contribution >= 4 is 51.1 Å². The maximum Gasteiger partial charge on any atom is 0.285 e. The van der Waals surface area contributed by atoms with Crippen LogP contribution < -0.4 is 14.8 Å². The van der Waals surface area contributed by atoms with Gasteiger partial charge in [0.25, 0.3) is 7.65 Å². The van der Waals surface area contributed by atoms with Crippen LogP contribution in [-0.2, 0) is 0 Å². The molecular formula is C15H13I2NO3. The fourth-order valence-electron chi connectivity index (χ4n) is 1.61. The Morgan fingerprint density at radius 3 is 2.14 bits per heavy atom. The monoisotopic (exact) mass is 509 g/mol. The van der Waals surface area contributed by atoms with E-state index in [-0.39, 0.29) is 5.91 Å². The molecule has 6 heteroatoms. The number of carbonyl (C=O) groups is 1. The van der Waals surface area contributed by atoms with E-state index in [2.05, 4.69) is 5.32 Å². The molecule has 0 aromatic heterocycles. The fourth-order valence-corrected chi connectivity index (χ4v) is 2.61. The highest BCUT2D eigenvalue weighted by Gasteiger charge is 2.27. The summed E-state index contributed by atoms with van der Waals surface area (Å²) in [5.74, 6) is 1.21. The maximum absolute atomic E-state index is 12.1. The van der Waals surface area contributed by atoms with E-state index in [4.69, 9.17) is 9.47 Å². The van der Waals surface area contributed by atoms with Crippen LogP contribution in [-0.4, -0.2) is 14.8 Å². The average molecular weight is 509 g/mol. The zero-order valence-corrected chi connectivity index (χ0v) is 15.5. The third kappa shape index (κ3) is 5.03. The molecule has 0 radical (unpaired) electrons. The number of methoxy groups -OCH3 is 1. The largest absolute Gasteiger partial charge is 0.497 e. The van der Waals surface area contributed by atoms with Crippen LogP contribution >= 0.6 is 45.2 Å². The van der Waals surface area contributed by atoms with E-state index in [9.17, 15) is 4.79 Å². The first-order valence-electron chi connectivity index (χ1n) is 6.08. The lowest BCUT2D eigenvalue weighted by Crippen LogP contribution is -2.42. The molecule has 0 unspecified atom stereocenters. The molecule has 0 fully saturated rings. The predicted molar refractivity (Wildman–Crippen MR) is 98.3 cm³/mol. The molecule has 2 aromatic rings. The van der Waals surface area contributed by atoms with Crippen molar-refractivity contribution < 1.29 is 14.3 Å². The molecule has 1 N–H and O–H groups in total. The van der Waals surface area contributed by atoms with Crippen molar-refractivity contribution in [2.24, 2.45) is 0 Å². The Bertz CT molecular complexity index is 600. The minimum Gasteiger partial charge on any atom is -0.497 e. The minimum absolute atomic E-state index is 0.187. The number of amides is 1.